The monoisotopic (exact) mass is 420 g/mol. The van der Waals surface area contributed by atoms with Crippen molar-refractivity contribution in [1.29, 1.82) is 0 Å². The van der Waals surface area contributed by atoms with Crippen molar-refractivity contribution in [2.75, 3.05) is 45.3 Å². The lowest BCUT2D eigenvalue weighted by atomic mass is 9.87. The van der Waals surface area contributed by atoms with Gasteiger partial charge in [-0.15, -0.1) is 0 Å². The molecule has 0 saturated carbocycles. The molecule has 2 rings (SSSR count). The summed E-state index contributed by atoms with van der Waals surface area (Å²) < 4.78 is 11.6. The zero-order valence-electron chi connectivity index (χ0n) is 17.6. The van der Waals surface area contributed by atoms with E-state index >= 15 is 0 Å². The second-order valence-electron chi connectivity index (χ2n) is 7.93. The van der Waals surface area contributed by atoms with Crippen LogP contribution in [-0.2, 0) is 10.2 Å². The lowest BCUT2D eigenvalue weighted by Crippen LogP contribution is -2.31. The maximum Gasteiger partial charge on any atom is 0.264 e. The molecule has 2 aromatic rings. The molecule has 0 bridgehead atoms. The van der Waals surface area contributed by atoms with Crippen molar-refractivity contribution in [3.63, 3.8) is 0 Å². The first-order valence-electron chi connectivity index (χ1n) is 9.62. The van der Waals surface area contributed by atoms with Gasteiger partial charge in [-0.3, -0.25) is 0 Å². The first kappa shape index (κ1) is 22.7. The fourth-order valence-corrected chi connectivity index (χ4v) is 3.49. The van der Waals surface area contributed by atoms with E-state index in [2.05, 4.69) is 61.7 Å². The fraction of sp³-hybridized carbons (Fsp3) is 0.500. The lowest BCUT2D eigenvalue weighted by molar-refractivity contribution is 0.134. The van der Waals surface area contributed by atoms with Crippen LogP contribution in [0.4, 0.5) is 5.69 Å². The van der Waals surface area contributed by atoms with E-state index in [-0.39, 0.29) is 5.41 Å². The molecule has 1 heterocycles. The van der Waals surface area contributed by atoms with Crippen LogP contribution in [-0.4, -0.2) is 50.5 Å². The summed E-state index contributed by atoms with van der Waals surface area (Å²) in [7, 11) is 4.04. The van der Waals surface area contributed by atoms with Crippen molar-refractivity contribution < 1.29 is 9.47 Å². The lowest BCUT2D eigenvalue weighted by Gasteiger charge is -2.21. The Bertz CT molecular complexity index is 709. The highest BCUT2D eigenvalue weighted by Crippen LogP contribution is 2.24. The van der Waals surface area contributed by atoms with Gasteiger partial charge in [0.2, 0.25) is 0 Å². The number of nitrogens with zero attached hydrogens (tertiary/aromatic N) is 2. The number of hydrogen-bond acceptors (Lipinski definition) is 5. The molecule has 1 aromatic heterocycles. The molecule has 154 valence electrons. The minimum Gasteiger partial charge on any atom is -0.432 e. The van der Waals surface area contributed by atoms with Crippen LogP contribution < -0.4 is 9.64 Å². The van der Waals surface area contributed by atoms with Crippen molar-refractivity contribution in [2.45, 2.75) is 32.6 Å². The van der Waals surface area contributed by atoms with E-state index in [0.29, 0.717) is 11.8 Å². The molecular weight excluding hydrogens is 388 g/mol. The van der Waals surface area contributed by atoms with Gasteiger partial charge in [-0.2, -0.15) is 11.3 Å². The van der Waals surface area contributed by atoms with Crippen LogP contribution in [0.25, 0.3) is 0 Å². The topological polar surface area (TPSA) is 24.9 Å². The average molecular weight is 421 g/mol. The summed E-state index contributed by atoms with van der Waals surface area (Å²) in [6.07, 6.45) is 0.908. The van der Waals surface area contributed by atoms with Gasteiger partial charge in [0, 0.05) is 44.9 Å². The number of thiophene rings is 1. The quantitative estimate of drug-likeness (QED) is 0.411. The Morgan fingerprint density at radius 1 is 1.04 bits per heavy atom. The number of thiocarbonyl (C=S) groups is 1. The van der Waals surface area contributed by atoms with Crippen LogP contribution in [0.15, 0.2) is 41.1 Å². The van der Waals surface area contributed by atoms with Crippen LogP contribution >= 0.6 is 23.6 Å². The van der Waals surface area contributed by atoms with E-state index in [1.807, 2.05) is 24.1 Å². The molecule has 0 aliphatic heterocycles. The summed E-state index contributed by atoms with van der Waals surface area (Å²) in [5.41, 5.74) is 2.65. The summed E-state index contributed by atoms with van der Waals surface area (Å²) >= 11 is 7.11. The molecule has 0 unspecified atom stereocenters. The maximum atomic E-state index is 5.81. The molecule has 0 spiro atoms. The van der Waals surface area contributed by atoms with Crippen molar-refractivity contribution in [3.8, 4) is 5.75 Å². The molecule has 6 heteroatoms. The maximum absolute atomic E-state index is 5.81. The van der Waals surface area contributed by atoms with Crippen LogP contribution in [0, 0.1) is 0 Å². The van der Waals surface area contributed by atoms with Gasteiger partial charge < -0.3 is 19.3 Å². The van der Waals surface area contributed by atoms with E-state index in [0.717, 1.165) is 31.9 Å². The van der Waals surface area contributed by atoms with Crippen LogP contribution in [0.2, 0.25) is 0 Å². The van der Waals surface area contributed by atoms with E-state index in [4.69, 9.17) is 21.7 Å². The smallest absolute Gasteiger partial charge is 0.264 e. The molecule has 0 fully saturated rings. The van der Waals surface area contributed by atoms with E-state index in [9.17, 15) is 0 Å². The summed E-state index contributed by atoms with van der Waals surface area (Å²) in [6.45, 7) is 9.72. The van der Waals surface area contributed by atoms with Gasteiger partial charge in [-0.05, 0) is 53.2 Å². The van der Waals surface area contributed by atoms with Crippen molar-refractivity contribution in [3.05, 3.63) is 46.7 Å². The second kappa shape index (κ2) is 10.8. The molecule has 4 nitrogen and oxygen atoms in total. The predicted molar refractivity (Wildman–Crippen MR) is 124 cm³/mol. The molecule has 28 heavy (non-hydrogen) atoms. The van der Waals surface area contributed by atoms with Crippen molar-refractivity contribution in [1.82, 2.24) is 4.90 Å². The highest BCUT2D eigenvalue weighted by Gasteiger charge is 2.14. The minimum absolute atomic E-state index is 0.133. The average Bonchev–Trinajstić information content (AvgIpc) is 3.18. The highest BCUT2D eigenvalue weighted by molar-refractivity contribution is 7.80. The zero-order valence-corrected chi connectivity index (χ0v) is 19.2. The molecule has 0 saturated heterocycles. The molecule has 0 aliphatic carbocycles. The predicted octanol–water partition coefficient (Wildman–Crippen LogP) is 5.18. The SMILES string of the molecule is CN(CCCOCCN(C)c1ccsc1)C(=S)Oc1ccc(C(C)(C)C)cc1. The van der Waals surface area contributed by atoms with Gasteiger partial charge >= 0.3 is 0 Å². The summed E-state index contributed by atoms with van der Waals surface area (Å²) in [4.78, 5) is 4.16. The molecular formula is C22H32N2O2S2. The highest BCUT2D eigenvalue weighted by atomic mass is 32.1. The number of rotatable bonds is 9. The molecule has 0 radical (unpaired) electrons. The molecule has 0 amide bonds. The van der Waals surface area contributed by atoms with Gasteiger partial charge in [-0.1, -0.05) is 32.9 Å². The van der Waals surface area contributed by atoms with Crippen LogP contribution in [0.1, 0.15) is 32.8 Å². The third-order valence-corrected chi connectivity index (χ3v) is 5.60. The number of benzene rings is 1. The standard InChI is InChI=1S/C22H32N2O2S2/c1-22(2,3)18-7-9-20(10-8-18)26-21(27)24(5)12-6-14-25-15-13-23(4)19-11-16-28-17-19/h7-11,16-17H,6,12-15H2,1-5H3. The summed E-state index contributed by atoms with van der Waals surface area (Å²) in [5.74, 6) is 0.776. The van der Waals surface area contributed by atoms with Crippen LogP contribution in [0.5, 0.6) is 5.75 Å². The van der Waals surface area contributed by atoms with Crippen molar-refractivity contribution in [2.24, 2.45) is 0 Å². The fourth-order valence-electron chi connectivity index (χ4n) is 2.60. The largest absolute Gasteiger partial charge is 0.432 e. The Kier molecular flexibility index (Phi) is 8.73. The van der Waals surface area contributed by atoms with Gasteiger partial charge in [0.15, 0.2) is 0 Å². The van der Waals surface area contributed by atoms with Gasteiger partial charge in [0.05, 0.1) is 6.61 Å². The minimum atomic E-state index is 0.133. The Morgan fingerprint density at radius 2 is 1.75 bits per heavy atom. The normalized spacial score (nSPS) is 11.3. The summed E-state index contributed by atoms with van der Waals surface area (Å²) in [5, 5.41) is 4.72. The second-order valence-corrected chi connectivity index (χ2v) is 9.06. The third kappa shape index (κ3) is 7.41. The number of ether oxygens (including phenoxy) is 2. The first-order chi connectivity index (χ1) is 13.3. The van der Waals surface area contributed by atoms with Gasteiger partial charge in [0.1, 0.15) is 5.75 Å². The Labute approximate surface area is 179 Å². The first-order valence-corrected chi connectivity index (χ1v) is 11.0. The molecule has 0 atom stereocenters. The number of hydrogen-bond donors (Lipinski definition) is 0. The van der Waals surface area contributed by atoms with E-state index in [1.165, 1.54) is 11.3 Å². The van der Waals surface area contributed by atoms with E-state index in [1.54, 1.807) is 11.3 Å². The zero-order chi connectivity index (χ0) is 20.6. The van der Waals surface area contributed by atoms with Gasteiger partial charge in [0.25, 0.3) is 5.17 Å². The Hall–Kier alpha value is -1.63. The number of likely N-dealkylation sites (N-methyl/N-ethyl adjacent to an activating group) is 1. The third-order valence-electron chi connectivity index (χ3n) is 4.54. The van der Waals surface area contributed by atoms with Gasteiger partial charge in [-0.25, -0.2) is 0 Å². The summed E-state index contributed by atoms with van der Waals surface area (Å²) in [6, 6.07) is 10.3. The number of anilines is 1. The molecule has 0 aliphatic rings. The van der Waals surface area contributed by atoms with Crippen molar-refractivity contribution >= 4 is 34.4 Å². The Morgan fingerprint density at radius 3 is 2.36 bits per heavy atom. The molecule has 0 N–H and O–H groups in total. The Balaban J connectivity index is 1.62. The molecule has 1 aromatic carbocycles. The van der Waals surface area contributed by atoms with Crippen LogP contribution in [0.3, 0.4) is 0 Å². The van der Waals surface area contributed by atoms with E-state index < -0.39 is 0 Å².